The number of nitrogens with one attached hydrogen (secondary N) is 1. The summed E-state index contributed by atoms with van der Waals surface area (Å²) in [5.74, 6) is 5.74. The molecule has 0 bridgehead atoms. The molecule has 1 saturated carbocycles. The molecule has 0 unspecified atom stereocenters. The van der Waals surface area contributed by atoms with E-state index in [0.29, 0.717) is 12.1 Å². The lowest BCUT2D eigenvalue weighted by Gasteiger charge is -2.23. The molecule has 1 aromatic rings. The van der Waals surface area contributed by atoms with Crippen molar-refractivity contribution in [1.82, 2.24) is 5.32 Å². The standard InChI is InChI=1S/C17H22N2O/c1-17(10-2-3-11-17)13-19-16(20)15-8-6-14(7-9-15)5-4-12-18/h6-9H,2-3,10-13,18H2,1H3,(H,19,20). The zero-order chi connectivity index (χ0) is 14.4. The van der Waals surface area contributed by atoms with E-state index in [2.05, 4.69) is 24.1 Å². The van der Waals surface area contributed by atoms with Crippen LogP contribution in [0.15, 0.2) is 24.3 Å². The van der Waals surface area contributed by atoms with E-state index in [9.17, 15) is 4.79 Å². The molecule has 1 aliphatic carbocycles. The van der Waals surface area contributed by atoms with Crippen molar-refractivity contribution in [1.29, 1.82) is 0 Å². The maximum absolute atomic E-state index is 12.1. The number of nitrogens with two attached hydrogens (primary N) is 1. The maximum atomic E-state index is 12.1. The van der Waals surface area contributed by atoms with Crippen molar-refractivity contribution in [2.45, 2.75) is 32.6 Å². The highest BCUT2D eigenvalue weighted by atomic mass is 16.1. The van der Waals surface area contributed by atoms with Gasteiger partial charge in [0.25, 0.3) is 5.91 Å². The van der Waals surface area contributed by atoms with Crippen LogP contribution in [0.25, 0.3) is 0 Å². The second-order valence-electron chi connectivity index (χ2n) is 5.78. The third-order valence-corrected chi connectivity index (χ3v) is 3.97. The summed E-state index contributed by atoms with van der Waals surface area (Å²) in [5.41, 5.74) is 7.18. The van der Waals surface area contributed by atoms with Crippen LogP contribution < -0.4 is 11.1 Å². The number of amides is 1. The van der Waals surface area contributed by atoms with E-state index < -0.39 is 0 Å². The molecular weight excluding hydrogens is 248 g/mol. The molecule has 1 aliphatic rings. The Morgan fingerprint density at radius 3 is 2.55 bits per heavy atom. The van der Waals surface area contributed by atoms with Crippen molar-refractivity contribution in [3.63, 3.8) is 0 Å². The highest BCUT2D eigenvalue weighted by Crippen LogP contribution is 2.36. The minimum absolute atomic E-state index is 0.00328. The van der Waals surface area contributed by atoms with Crippen LogP contribution in [0.5, 0.6) is 0 Å². The van der Waals surface area contributed by atoms with E-state index in [1.165, 1.54) is 25.7 Å². The Bertz CT molecular complexity index is 516. The van der Waals surface area contributed by atoms with E-state index in [-0.39, 0.29) is 11.3 Å². The van der Waals surface area contributed by atoms with E-state index >= 15 is 0 Å². The number of rotatable bonds is 3. The van der Waals surface area contributed by atoms with Gasteiger partial charge in [0.15, 0.2) is 0 Å². The topological polar surface area (TPSA) is 55.1 Å². The quantitative estimate of drug-likeness (QED) is 0.828. The van der Waals surface area contributed by atoms with Crippen LogP contribution in [0.1, 0.15) is 48.5 Å². The Hall–Kier alpha value is -1.79. The zero-order valence-electron chi connectivity index (χ0n) is 12.0. The zero-order valence-corrected chi connectivity index (χ0v) is 12.0. The molecule has 0 heterocycles. The highest BCUT2D eigenvalue weighted by Gasteiger charge is 2.28. The number of carbonyl (C=O) groups excluding carboxylic acids is 1. The van der Waals surface area contributed by atoms with Gasteiger partial charge in [0.1, 0.15) is 0 Å². The fourth-order valence-electron chi connectivity index (χ4n) is 2.66. The predicted molar refractivity (Wildman–Crippen MR) is 81.3 cm³/mol. The van der Waals surface area contributed by atoms with Gasteiger partial charge in [0, 0.05) is 17.7 Å². The summed E-state index contributed by atoms with van der Waals surface area (Å²) in [5, 5.41) is 3.05. The molecule has 0 spiro atoms. The molecule has 106 valence electrons. The van der Waals surface area contributed by atoms with E-state index in [0.717, 1.165) is 12.1 Å². The van der Waals surface area contributed by atoms with Gasteiger partial charge in [-0.2, -0.15) is 0 Å². The average Bonchev–Trinajstić information content (AvgIpc) is 2.90. The van der Waals surface area contributed by atoms with Crippen LogP contribution in [-0.2, 0) is 0 Å². The lowest BCUT2D eigenvalue weighted by molar-refractivity contribution is 0.0934. The molecule has 3 nitrogen and oxygen atoms in total. The number of hydrogen-bond acceptors (Lipinski definition) is 2. The molecule has 3 heteroatoms. The number of hydrogen-bond donors (Lipinski definition) is 2. The van der Waals surface area contributed by atoms with Gasteiger partial charge >= 0.3 is 0 Å². The first kappa shape index (κ1) is 14.6. The molecule has 0 aliphatic heterocycles. The van der Waals surface area contributed by atoms with Crippen molar-refractivity contribution in [3.05, 3.63) is 35.4 Å². The molecule has 0 aromatic heterocycles. The second kappa shape index (κ2) is 6.58. The van der Waals surface area contributed by atoms with Crippen LogP contribution in [-0.4, -0.2) is 19.0 Å². The van der Waals surface area contributed by atoms with Gasteiger partial charge in [-0.3, -0.25) is 4.79 Å². The SMILES string of the molecule is CC1(CNC(=O)c2ccc(C#CCN)cc2)CCCC1. The Labute approximate surface area is 120 Å². The summed E-state index contributed by atoms with van der Waals surface area (Å²) in [7, 11) is 0. The lowest BCUT2D eigenvalue weighted by Crippen LogP contribution is -2.34. The van der Waals surface area contributed by atoms with Gasteiger partial charge in [-0.05, 0) is 42.5 Å². The smallest absolute Gasteiger partial charge is 0.251 e. The molecule has 2 rings (SSSR count). The monoisotopic (exact) mass is 270 g/mol. The molecular formula is C17H22N2O. The van der Waals surface area contributed by atoms with Crippen molar-refractivity contribution >= 4 is 5.91 Å². The maximum Gasteiger partial charge on any atom is 0.251 e. The fraction of sp³-hybridized carbons (Fsp3) is 0.471. The Kier molecular flexibility index (Phi) is 4.81. The molecule has 0 saturated heterocycles. The summed E-state index contributed by atoms with van der Waals surface area (Å²) in [6.45, 7) is 3.37. The van der Waals surface area contributed by atoms with Crippen molar-refractivity contribution in [2.75, 3.05) is 13.1 Å². The molecule has 1 aromatic carbocycles. The first-order valence-corrected chi connectivity index (χ1v) is 7.20. The van der Waals surface area contributed by atoms with E-state index in [1.807, 2.05) is 24.3 Å². The third kappa shape index (κ3) is 3.85. The van der Waals surface area contributed by atoms with Gasteiger partial charge in [0.2, 0.25) is 0 Å². The third-order valence-electron chi connectivity index (χ3n) is 3.97. The van der Waals surface area contributed by atoms with Gasteiger partial charge in [-0.15, -0.1) is 0 Å². The summed E-state index contributed by atoms with van der Waals surface area (Å²) in [6, 6.07) is 7.34. The Morgan fingerprint density at radius 2 is 1.95 bits per heavy atom. The molecule has 20 heavy (non-hydrogen) atoms. The molecule has 0 atom stereocenters. The van der Waals surface area contributed by atoms with Gasteiger partial charge in [-0.1, -0.05) is 31.6 Å². The average molecular weight is 270 g/mol. The van der Waals surface area contributed by atoms with Gasteiger partial charge < -0.3 is 11.1 Å². The first-order chi connectivity index (χ1) is 9.63. The van der Waals surface area contributed by atoms with Crippen molar-refractivity contribution < 1.29 is 4.79 Å². The van der Waals surface area contributed by atoms with Crippen molar-refractivity contribution in [2.24, 2.45) is 11.1 Å². The molecule has 1 fully saturated rings. The molecule has 1 amide bonds. The number of benzene rings is 1. The molecule has 0 radical (unpaired) electrons. The number of carbonyl (C=O) groups is 1. The van der Waals surface area contributed by atoms with Crippen LogP contribution in [0, 0.1) is 17.3 Å². The minimum atomic E-state index is -0.00328. The largest absolute Gasteiger partial charge is 0.351 e. The van der Waals surface area contributed by atoms with Crippen LogP contribution in [0.4, 0.5) is 0 Å². The summed E-state index contributed by atoms with van der Waals surface area (Å²) in [4.78, 5) is 12.1. The van der Waals surface area contributed by atoms with E-state index in [4.69, 9.17) is 5.73 Å². The fourth-order valence-corrected chi connectivity index (χ4v) is 2.66. The summed E-state index contributed by atoms with van der Waals surface area (Å²) < 4.78 is 0. The highest BCUT2D eigenvalue weighted by molar-refractivity contribution is 5.94. The Morgan fingerprint density at radius 1 is 1.30 bits per heavy atom. The van der Waals surface area contributed by atoms with Crippen LogP contribution >= 0.6 is 0 Å². The van der Waals surface area contributed by atoms with Crippen LogP contribution in [0.2, 0.25) is 0 Å². The van der Waals surface area contributed by atoms with Crippen LogP contribution in [0.3, 0.4) is 0 Å². The van der Waals surface area contributed by atoms with Gasteiger partial charge in [-0.25, -0.2) is 0 Å². The minimum Gasteiger partial charge on any atom is -0.351 e. The lowest BCUT2D eigenvalue weighted by atomic mass is 9.89. The second-order valence-corrected chi connectivity index (χ2v) is 5.78. The van der Waals surface area contributed by atoms with E-state index in [1.54, 1.807) is 0 Å². The summed E-state index contributed by atoms with van der Waals surface area (Å²) in [6.07, 6.45) is 4.98. The summed E-state index contributed by atoms with van der Waals surface area (Å²) >= 11 is 0. The van der Waals surface area contributed by atoms with Crippen molar-refractivity contribution in [3.8, 4) is 11.8 Å². The Balaban J connectivity index is 1.92. The first-order valence-electron chi connectivity index (χ1n) is 7.20. The predicted octanol–water partition coefficient (Wildman–Crippen LogP) is 2.31. The molecule has 3 N–H and O–H groups in total. The normalized spacial score (nSPS) is 16.3. The van der Waals surface area contributed by atoms with Gasteiger partial charge in [0.05, 0.1) is 6.54 Å².